The largest absolute Gasteiger partial charge is 0.673 e. The lowest BCUT2D eigenvalue weighted by Crippen LogP contribution is -2.02. The molecule has 9 heteroatoms. The third-order valence-electron chi connectivity index (χ3n) is 4.32. The van der Waals surface area contributed by atoms with Crippen molar-refractivity contribution in [3.63, 3.8) is 0 Å². The van der Waals surface area contributed by atoms with Gasteiger partial charge in [0.2, 0.25) is 0 Å². The van der Waals surface area contributed by atoms with Crippen molar-refractivity contribution in [3.05, 3.63) is 107 Å². The average Bonchev–Trinajstić information content (AvgIpc) is 2.79. The van der Waals surface area contributed by atoms with Crippen molar-refractivity contribution in [1.29, 1.82) is 0 Å². The fraction of sp³-hybridized carbons (Fsp3) is 0. The van der Waals surface area contributed by atoms with Gasteiger partial charge in [-0.25, -0.2) is 4.42 Å². The summed E-state index contributed by atoms with van der Waals surface area (Å²) in [5.74, 6) is 1.48. The van der Waals surface area contributed by atoms with E-state index in [-0.39, 0.29) is 5.69 Å². The second-order valence-electron chi connectivity index (χ2n) is 6.61. The standard InChI is InChI=1S/C23H16NO3.BF4/c25-24(26)21-13-11-17(12-14-21)20-15-22(18-7-3-1-4-8-18)27-23(16-20)19-9-5-2-6-10-19;2-1(3,4)5/h1-16H;/q+1;-1. The molecule has 0 aliphatic heterocycles. The van der Waals surface area contributed by atoms with Crippen LogP contribution in [0.1, 0.15) is 0 Å². The van der Waals surface area contributed by atoms with Crippen molar-refractivity contribution >= 4 is 12.9 Å². The Morgan fingerprint density at radius 3 is 1.41 bits per heavy atom. The molecule has 0 spiro atoms. The number of nitro groups is 1. The number of nitrogens with zero attached hydrogens (tertiary/aromatic N) is 1. The lowest BCUT2D eigenvalue weighted by atomic mass is 10.0. The Balaban J connectivity index is 0.000000523. The zero-order valence-electron chi connectivity index (χ0n) is 16.5. The van der Waals surface area contributed by atoms with Gasteiger partial charge in [-0.05, 0) is 42.0 Å². The lowest BCUT2D eigenvalue weighted by Gasteiger charge is -2.02. The number of benzene rings is 3. The Kier molecular flexibility index (Phi) is 6.99. The van der Waals surface area contributed by atoms with Crippen molar-refractivity contribution < 1.29 is 26.6 Å². The first-order valence-corrected chi connectivity index (χ1v) is 9.42. The molecule has 0 saturated heterocycles. The van der Waals surface area contributed by atoms with E-state index in [2.05, 4.69) is 0 Å². The van der Waals surface area contributed by atoms with Crippen LogP contribution in [-0.4, -0.2) is 12.2 Å². The summed E-state index contributed by atoms with van der Waals surface area (Å²) >= 11 is 0. The van der Waals surface area contributed by atoms with Gasteiger partial charge >= 0.3 is 18.8 Å². The highest BCUT2D eigenvalue weighted by molar-refractivity contribution is 6.50. The van der Waals surface area contributed by atoms with Crippen LogP contribution in [0.5, 0.6) is 0 Å². The molecule has 32 heavy (non-hydrogen) atoms. The minimum atomic E-state index is -6.00. The van der Waals surface area contributed by atoms with Crippen LogP contribution in [0, 0.1) is 10.1 Å². The highest BCUT2D eigenvalue weighted by atomic mass is 19.5. The molecule has 162 valence electrons. The topological polar surface area (TPSA) is 54.4 Å². The van der Waals surface area contributed by atoms with E-state index in [1.807, 2.05) is 72.8 Å². The van der Waals surface area contributed by atoms with E-state index in [1.54, 1.807) is 12.1 Å². The molecule has 0 aliphatic carbocycles. The van der Waals surface area contributed by atoms with E-state index in [0.29, 0.717) is 0 Å². The maximum atomic E-state index is 10.9. The second-order valence-corrected chi connectivity index (χ2v) is 6.61. The Bertz CT molecular complexity index is 1120. The number of rotatable bonds is 4. The van der Waals surface area contributed by atoms with E-state index in [9.17, 15) is 27.4 Å². The minimum Gasteiger partial charge on any atom is -0.418 e. The third-order valence-corrected chi connectivity index (χ3v) is 4.32. The zero-order valence-corrected chi connectivity index (χ0v) is 16.5. The fourth-order valence-electron chi connectivity index (χ4n) is 2.93. The number of nitro benzene ring substituents is 1. The molecular formula is C23H16BF4NO3. The first-order valence-electron chi connectivity index (χ1n) is 9.42. The van der Waals surface area contributed by atoms with E-state index >= 15 is 0 Å². The normalized spacial score (nSPS) is 10.8. The van der Waals surface area contributed by atoms with Crippen LogP contribution in [-0.2, 0) is 0 Å². The van der Waals surface area contributed by atoms with Crippen LogP contribution >= 0.6 is 0 Å². The number of halogens is 4. The predicted molar refractivity (Wildman–Crippen MR) is 116 cm³/mol. The molecule has 1 aromatic heterocycles. The minimum absolute atomic E-state index is 0.0749. The number of hydrogen-bond donors (Lipinski definition) is 0. The molecule has 4 rings (SSSR count). The van der Waals surface area contributed by atoms with Gasteiger partial charge in [-0.1, -0.05) is 36.4 Å². The summed E-state index contributed by atoms with van der Waals surface area (Å²) in [6, 6.07) is 30.2. The van der Waals surface area contributed by atoms with Crippen molar-refractivity contribution in [2.24, 2.45) is 0 Å². The second kappa shape index (κ2) is 9.87. The van der Waals surface area contributed by atoms with Crippen molar-refractivity contribution in [2.75, 3.05) is 0 Å². The van der Waals surface area contributed by atoms with Crippen LogP contribution < -0.4 is 0 Å². The molecule has 0 aliphatic rings. The molecule has 0 unspecified atom stereocenters. The summed E-state index contributed by atoms with van der Waals surface area (Å²) in [5.41, 5.74) is 3.85. The molecule has 0 atom stereocenters. The molecule has 0 N–H and O–H groups in total. The maximum Gasteiger partial charge on any atom is 0.673 e. The van der Waals surface area contributed by atoms with E-state index in [0.717, 1.165) is 33.8 Å². The first kappa shape index (κ1) is 22.7. The average molecular weight is 441 g/mol. The van der Waals surface area contributed by atoms with Gasteiger partial charge in [0.25, 0.3) is 5.69 Å². The van der Waals surface area contributed by atoms with Gasteiger partial charge < -0.3 is 17.3 Å². The van der Waals surface area contributed by atoms with Crippen LogP contribution in [0.15, 0.2) is 101 Å². The van der Waals surface area contributed by atoms with Crippen LogP contribution in [0.2, 0.25) is 0 Å². The predicted octanol–water partition coefficient (Wildman–Crippen LogP) is 7.77. The van der Waals surface area contributed by atoms with E-state index < -0.39 is 12.2 Å². The third kappa shape index (κ3) is 6.50. The molecule has 3 aromatic carbocycles. The molecule has 0 saturated carbocycles. The van der Waals surface area contributed by atoms with Gasteiger partial charge in [0, 0.05) is 17.7 Å². The molecule has 0 amide bonds. The summed E-state index contributed by atoms with van der Waals surface area (Å²) in [6.45, 7) is 0. The number of non-ortho nitro benzene ring substituents is 1. The zero-order chi connectivity index (χ0) is 23.1. The van der Waals surface area contributed by atoms with Gasteiger partial charge in [0.1, 0.15) is 0 Å². The summed E-state index contributed by atoms with van der Waals surface area (Å²) in [5, 5.41) is 10.9. The Labute approximate surface area is 181 Å². The fourth-order valence-corrected chi connectivity index (χ4v) is 2.93. The Morgan fingerprint density at radius 1 is 0.625 bits per heavy atom. The van der Waals surface area contributed by atoms with Crippen LogP contribution in [0.3, 0.4) is 0 Å². The van der Waals surface area contributed by atoms with Crippen LogP contribution in [0.4, 0.5) is 23.0 Å². The maximum absolute atomic E-state index is 10.9. The Hall–Kier alpha value is -4.01. The van der Waals surface area contributed by atoms with Gasteiger partial charge in [-0.3, -0.25) is 10.1 Å². The lowest BCUT2D eigenvalue weighted by molar-refractivity contribution is -0.384. The SMILES string of the molecule is F[B-](F)(F)F.O=[N+]([O-])c1ccc(-c2cc(-c3ccccc3)[o+]c(-c3ccccc3)c2)cc1. The van der Waals surface area contributed by atoms with Crippen molar-refractivity contribution in [2.45, 2.75) is 0 Å². The van der Waals surface area contributed by atoms with Gasteiger partial charge in [-0.2, -0.15) is 0 Å². The van der Waals surface area contributed by atoms with Crippen molar-refractivity contribution in [1.82, 2.24) is 0 Å². The molecule has 4 aromatic rings. The van der Waals surface area contributed by atoms with E-state index in [1.165, 1.54) is 12.1 Å². The van der Waals surface area contributed by atoms with E-state index in [4.69, 9.17) is 4.42 Å². The summed E-state index contributed by atoms with van der Waals surface area (Å²) < 4.78 is 45.2. The van der Waals surface area contributed by atoms with Crippen molar-refractivity contribution in [3.8, 4) is 33.8 Å². The Morgan fingerprint density at radius 2 is 1.03 bits per heavy atom. The summed E-state index contributed by atoms with van der Waals surface area (Å²) in [6.07, 6.45) is 0. The molecule has 0 fully saturated rings. The van der Waals surface area contributed by atoms with Crippen LogP contribution in [0.25, 0.3) is 33.8 Å². The summed E-state index contributed by atoms with van der Waals surface area (Å²) in [4.78, 5) is 10.5. The molecular weight excluding hydrogens is 425 g/mol. The quantitative estimate of drug-likeness (QED) is 0.107. The molecule has 0 radical (unpaired) electrons. The number of hydrogen-bond acceptors (Lipinski definition) is 2. The van der Waals surface area contributed by atoms with Gasteiger partial charge in [0.05, 0.1) is 28.2 Å². The van der Waals surface area contributed by atoms with Gasteiger partial charge in [0.15, 0.2) is 0 Å². The summed E-state index contributed by atoms with van der Waals surface area (Å²) in [7, 11) is -6.00. The molecule has 4 nitrogen and oxygen atoms in total. The monoisotopic (exact) mass is 441 g/mol. The highest BCUT2D eigenvalue weighted by Gasteiger charge is 2.21. The van der Waals surface area contributed by atoms with Gasteiger partial charge in [-0.15, -0.1) is 0 Å². The smallest absolute Gasteiger partial charge is 0.418 e. The first-order chi connectivity index (χ1) is 15.2. The highest BCUT2D eigenvalue weighted by Crippen LogP contribution is 2.33. The molecule has 1 heterocycles. The molecule has 0 bridgehead atoms.